The van der Waals surface area contributed by atoms with E-state index < -0.39 is 16.1 Å². The summed E-state index contributed by atoms with van der Waals surface area (Å²) in [5, 5.41) is 4.68. The third kappa shape index (κ3) is 3.85. The lowest BCUT2D eigenvalue weighted by Crippen LogP contribution is -2.50. The number of carbonyl (C=O) groups excluding carboxylic acids is 1. The van der Waals surface area contributed by atoms with Gasteiger partial charge in [0.2, 0.25) is 5.91 Å². The zero-order valence-electron chi connectivity index (χ0n) is 16.3. The molecule has 150 valence electrons. The normalized spacial score (nSPS) is 17.0. The maximum absolute atomic E-state index is 13.3. The van der Waals surface area contributed by atoms with Crippen molar-refractivity contribution >= 4 is 33.0 Å². The third-order valence-electron chi connectivity index (χ3n) is 5.21. The van der Waals surface area contributed by atoms with Crippen LogP contribution in [0.4, 0.5) is 5.69 Å². The van der Waals surface area contributed by atoms with Gasteiger partial charge in [0.1, 0.15) is 10.3 Å². The minimum absolute atomic E-state index is 0.182. The van der Waals surface area contributed by atoms with Crippen LogP contribution in [-0.2, 0) is 27.8 Å². The Morgan fingerprint density at radius 2 is 1.83 bits per heavy atom. The zero-order chi connectivity index (χ0) is 20.6. The van der Waals surface area contributed by atoms with Crippen molar-refractivity contribution in [1.82, 2.24) is 4.31 Å². The van der Waals surface area contributed by atoms with Crippen molar-refractivity contribution in [2.24, 2.45) is 0 Å². The number of rotatable bonds is 4. The molecule has 1 N–H and O–H groups in total. The molecule has 0 radical (unpaired) electrons. The van der Waals surface area contributed by atoms with Crippen LogP contribution in [0.3, 0.4) is 0 Å². The number of hydrogen-bond acceptors (Lipinski definition) is 4. The van der Waals surface area contributed by atoms with Crippen LogP contribution in [0.1, 0.15) is 22.3 Å². The topological polar surface area (TPSA) is 66.5 Å². The summed E-state index contributed by atoms with van der Waals surface area (Å²) in [7, 11) is -3.77. The van der Waals surface area contributed by atoms with Gasteiger partial charge in [-0.15, -0.1) is 11.3 Å². The van der Waals surface area contributed by atoms with Crippen LogP contribution in [0, 0.1) is 13.8 Å². The van der Waals surface area contributed by atoms with Crippen LogP contribution >= 0.6 is 11.3 Å². The highest BCUT2D eigenvalue weighted by molar-refractivity contribution is 7.91. The predicted molar refractivity (Wildman–Crippen MR) is 116 cm³/mol. The Hall–Kier alpha value is -2.48. The summed E-state index contributed by atoms with van der Waals surface area (Å²) in [5.41, 5.74) is 4.69. The number of carbonyl (C=O) groups is 1. The fourth-order valence-corrected chi connectivity index (χ4v) is 6.36. The van der Waals surface area contributed by atoms with Crippen molar-refractivity contribution in [3.63, 3.8) is 0 Å². The molecule has 1 atom stereocenters. The summed E-state index contributed by atoms with van der Waals surface area (Å²) in [6.45, 7) is 4.10. The molecule has 2 aromatic carbocycles. The first-order chi connectivity index (χ1) is 13.9. The second-order valence-electron chi connectivity index (χ2n) is 7.28. The SMILES string of the molecule is Cc1ccc(NC(=O)[C@@H]2Cc3ccccc3CN2S(=O)(=O)c2cccs2)c(C)c1. The number of nitrogens with one attached hydrogen (secondary N) is 1. The molecule has 1 aromatic heterocycles. The van der Waals surface area contributed by atoms with E-state index in [9.17, 15) is 13.2 Å². The molecule has 5 nitrogen and oxygen atoms in total. The Balaban J connectivity index is 1.71. The van der Waals surface area contributed by atoms with Crippen molar-refractivity contribution in [1.29, 1.82) is 0 Å². The monoisotopic (exact) mass is 426 g/mol. The van der Waals surface area contributed by atoms with Gasteiger partial charge in [-0.2, -0.15) is 4.31 Å². The van der Waals surface area contributed by atoms with Crippen LogP contribution in [0.25, 0.3) is 0 Å². The lowest BCUT2D eigenvalue weighted by molar-refractivity contribution is -0.120. The number of fused-ring (bicyclic) bond motifs is 1. The molecule has 1 aliphatic rings. The maximum Gasteiger partial charge on any atom is 0.253 e. The van der Waals surface area contributed by atoms with Crippen LogP contribution in [-0.4, -0.2) is 24.7 Å². The second-order valence-corrected chi connectivity index (χ2v) is 10.3. The minimum Gasteiger partial charge on any atom is -0.324 e. The number of amides is 1. The Morgan fingerprint density at radius 1 is 1.07 bits per heavy atom. The molecule has 0 bridgehead atoms. The molecule has 29 heavy (non-hydrogen) atoms. The van der Waals surface area contributed by atoms with E-state index in [0.29, 0.717) is 12.1 Å². The molecule has 0 aliphatic carbocycles. The standard InChI is InChI=1S/C22H22N2O3S2/c1-15-9-10-19(16(2)12-15)23-22(25)20-13-17-6-3-4-7-18(17)14-24(20)29(26,27)21-8-5-11-28-21/h3-12,20H,13-14H2,1-2H3,(H,23,25)/t20-/m0/s1. The quantitative estimate of drug-likeness (QED) is 0.682. The van der Waals surface area contributed by atoms with Gasteiger partial charge in [0, 0.05) is 12.2 Å². The van der Waals surface area contributed by atoms with Crippen molar-refractivity contribution in [3.8, 4) is 0 Å². The highest BCUT2D eigenvalue weighted by Crippen LogP contribution is 2.31. The van der Waals surface area contributed by atoms with Crippen LogP contribution in [0.5, 0.6) is 0 Å². The molecule has 3 aromatic rings. The van der Waals surface area contributed by atoms with Gasteiger partial charge in [0.25, 0.3) is 10.0 Å². The van der Waals surface area contributed by atoms with E-state index in [1.807, 2.05) is 56.3 Å². The second kappa shape index (κ2) is 7.74. The van der Waals surface area contributed by atoms with E-state index in [0.717, 1.165) is 22.3 Å². The van der Waals surface area contributed by atoms with Crippen molar-refractivity contribution in [2.45, 2.75) is 37.1 Å². The maximum atomic E-state index is 13.3. The number of sulfonamides is 1. The number of aryl methyl sites for hydroxylation is 2. The summed E-state index contributed by atoms with van der Waals surface area (Å²) >= 11 is 1.17. The molecule has 1 amide bonds. The van der Waals surface area contributed by atoms with Crippen molar-refractivity contribution in [3.05, 3.63) is 82.2 Å². The molecule has 0 saturated carbocycles. The predicted octanol–water partition coefficient (Wildman–Crippen LogP) is 4.12. The molecule has 0 saturated heterocycles. The zero-order valence-corrected chi connectivity index (χ0v) is 17.9. The van der Waals surface area contributed by atoms with E-state index >= 15 is 0 Å². The number of benzene rings is 2. The van der Waals surface area contributed by atoms with Gasteiger partial charge in [-0.1, -0.05) is 48.0 Å². The van der Waals surface area contributed by atoms with E-state index in [1.54, 1.807) is 17.5 Å². The van der Waals surface area contributed by atoms with Gasteiger partial charge in [0.05, 0.1) is 0 Å². The Labute approximate surface area is 175 Å². The van der Waals surface area contributed by atoms with E-state index in [4.69, 9.17) is 0 Å². The van der Waals surface area contributed by atoms with E-state index in [-0.39, 0.29) is 16.7 Å². The van der Waals surface area contributed by atoms with Crippen LogP contribution < -0.4 is 5.32 Å². The molecule has 0 fully saturated rings. The Bertz CT molecular complexity index is 1150. The average molecular weight is 427 g/mol. The number of anilines is 1. The minimum atomic E-state index is -3.77. The smallest absolute Gasteiger partial charge is 0.253 e. The molecule has 1 aliphatic heterocycles. The summed E-state index contributed by atoms with van der Waals surface area (Å²) in [6.07, 6.45) is 0.345. The van der Waals surface area contributed by atoms with Crippen LogP contribution in [0.15, 0.2) is 64.2 Å². The molecule has 2 heterocycles. The Morgan fingerprint density at radius 3 is 2.52 bits per heavy atom. The van der Waals surface area contributed by atoms with Gasteiger partial charge >= 0.3 is 0 Å². The first kappa shape index (κ1) is 19.8. The molecule has 0 spiro atoms. The van der Waals surface area contributed by atoms with Gasteiger partial charge in [-0.3, -0.25) is 4.79 Å². The largest absolute Gasteiger partial charge is 0.324 e. The van der Waals surface area contributed by atoms with Gasteiger partial charge in [0.15, 0.2) is 0 Å². The van der Waals surface area contributed by atoms with Gasteiger partial charge in [-0.05, 0) is 54.5 Å². The van der Waals surface area contributed by atoms with E-state index in [1.165, 1.54) is 15.6 Å². The first-order valence-electron chi connectivity index (χ1n) is 9.36. The third-order valence-corrected chi connectivity index (χ3v) is 8.43. The highest BCUT2D eigenvalue weighted by Gasteiger charge is 2.40. The summed E-state index contributed by atoms with van der Waals surface area (Å²) in [5.74, 6) is -0.313. The summed E-state index contributed by atoms with van der Waals surface area (Å²) < 4.78 is 28.2. The van der Waals surface area contributed by atoms with Crippen molar-refractivity contribution in [2.75, 3.05) is 5.32 Å². The lowest BCUT2D eigenvalue weighted by atomic mass is 9.95. The lowest BCUT2D eigenvalue weighted by Gasteiger charge is -2.34. The molecular weight excluding hydrogens is 404 g/mol. The molecular formula is C22H22N2O3S2. The van der Waals surface area contributed by atoms with Crippen LogP contribution in [0.2, 0.25) is 0 Å². The number of nitrogens with zero attached hydrogens (tertiary/aromatic N) is 1. The number of thiophene rings is 1. The molecule has 4 rings (SSSR count). The van der Waals surface area contributed by atoms with Crippen molar-refractivity contribution < 1.29 is 13.2 Å². The van der Waals surface area contributed by atoms with Gasteiger partial charge in [-0.25, -0.2) is 8.42 Å². The summed E-state index contributed by atoms with van der Waals surface area (Å²) in [4.78, 5) is 13.2. The average Bonchev–Trinajstić information content (AvgIpc) is 3.25. The molecule has 0 unspecified atom stereocenters. The Kier molecular flexibility index (Phi) is 5.29. The fraction of sp³-hybridized carbons (Fsp3) is 0.227. The fourth-order valence-electron chi connectivity index (χ4n) is 3.67. The first-order valence-corrected chi connectivity index (χ1v) is 11.7. The van der Waals surface area contributed by atoms with Gasteiger partial charge < -0.3 is 5.32 Å². The number of hydrogen-bond donors (Lipinski definition) is 1. The molecule has 7 heteroatoms. The highest BCUT2D eigenvalue weighted by atomic mass is 32.2. The summed E-state index contributed by atoms with van der Waals surface area (Å²) in [6, 6.07) is 16.0. The van der Waals surface area contributed by atoms with E-state index in [2.05, 4.69) is 5.32 Å².